The maximum Gasteiger partial charge on any atom is 0.312 e. The number of hydrogen-bond acceptors (Lipinski definition) is 4. The van der Waals surface area contributed by atoms with Gasteiger partial charge in [-0.15, -0.1) is 0 Å². The number of carbonyl (C=O) groups excluding carboxylic acids is 1. The minimum Gasteiger partial charge on any atom is -0.461 e. The van der Waals surface area contributed by atoms with Crippen molar-refractivity contribution in [3.05, 3.63) is 35.9 Å². The molecule has 0 bridgehead atoms. The van der Waals surface area contributed by atoms with E-state index in [1.54, 1.807) is 0 Å². The standard InChI is InChI=1S/C12H12N2O2/c13-8-12(14)6-10(12)11(15)16-7-9-4-2-1-3-5-9/h1-5,10H,6-7,14H2/t10-,12+/m0/s1. The number of ether oxygens (including phenoxy) is 1. The Kier molecular flexibility index (Phi) is 2.63. The molecule has 0 radical (unpaired) electrons. The Morgan fingerprint density at radius 3 is 2.81 bits per heavy atom. The molecule has 1 aliphatic rings. The molecule has 0 saturated heterocycles. The molecular formula is C12H12N2O2. The van der Waals surface area contributed by atoms with Crippen molar-refractivity contribution in [2.75, 3.05) is 0 Å². The third-order valence-electron chi connectivity index (χ3n) is 2.72. The van der Waals surface area contributed by atoms with Crippen molar-refractivity contribution >= 4 is 5.97 Å². The van der Waals surface area contributed by atoms with Crippen LogP contribution in [0.25, 0.3) is 0 Å². The summed E-state index contributed by atoms with van der Waals surface area (Å²) >= 11 is 0. The second kappa shape index (κ2) is 3.95. The van der Waals surface area contributed by atoms with E-state index < -0.39 is 11.5 Å². The van der Waals surface area contributed by atoms with Gasteiger partial charge in [0.15, 0.2) is 0 Å². The van der Waals surface area contributed by atoms with E-state index in [-0.39, 0.29) is 12.6 Å². The van der Waals surface area contributed by atoms with Crippen LogP contribution in [0.15, 0.2) is 30.3 Å². The Labute approximate surface area is 93.6 Å². The molecule has 0 unspecified atom stereocenters. The number of esters is 1. The molecule has 2 atom stereocenters. The molecule has 2 N–H and O–H groups in total. The molecule has 1 aliphatic carbocycles. The quantitative estimate of drug-likeness (QED) is 0.764. The van der Waals surface area contributed by atoms with Gasteiger partial charge in [0.1, 0.15) is 12.1 Å². The molecule has 1 fully saturated rings. The first-order valence-electron chi connectivity index (χ1n) is 5.06. The van der Waals surface area contributed by atoms with Crippen LogP contribution in [0.4, 0.5) is 0 Å². The molecule has 0 aromatic heterocycles. The average Bonchev–Trinajstić information content (AvgIpc) is 3.01. The summed E-state index contributed by atoms with van der Waals surface area (Å²) in [7, 11) is 0. The van der Waals surface area contributed by atoms with Crippen LogP contribution in [0.1, 0.15) is 12.0 Å². The molecule has 4 heteroatoms. The smallest absolute Gasteiger partial charge is 0.312 e. The fraction of sp³-hybridized carbons (Fsp3) is 0.333. The number of hydrogen-bond donors (Lipinski definition) is 1. The second-order valence-electron chi connectivity index (χ2n) is 4.00. The van der Waals surface area contributed by atoms with Crippen LogP contribution in [0.2, 0.25) is 0 Å². The summed E-state index contributed by atoms with van der Waals surface area (Å²) in [4.78, 5) is 11.5. The maximum absolute atomic E-state index is 11.5. The summed E-state index contributed by atoms with van der Waals surface area (Å²) in [5.74, 6) is -0.839. The highest BCUT2D eigenvalue weighted by Crippen LogP contribution is 2.41. The monoisotopic (exact) mass is 216 g/mol. The molecule has 0 heterocycles. The summed E-state index contributed by atoms with van der Waals surface area (Å²) < 4.78 is 5.08. The number of benzene rings is 1. The molecule has 1 aromatic carbocycles. The number of carbonyl (C=O) groups is 1. The molecule has 1 saturated carbocycles. The van der Waals surface area contributed by atoms with Crippen LogP contribution < -0.4 is 5.73 Å². The van der Waals surface area contributed by atoms with Gasteiger partial charge in [0.05, 0.1) is 12.0 Å². The van der Waals surface area contributed by atoms with Crippen molar-refractivity contribution < 1.29 is 9.53 Å². The summed E-state index contributed by atoms with van der Waals surface area (Å²) in [6, 6.07) is 11.3. The zero-order chi connectivity index (χ0) is 11.6. The highest BCUT2D eigenvalue weighted by Gasteiger charge is 2.57. The molecule has 0 aliphatic heterocycles. The van der Waals surface area contributed by atoms with Crippen molar-refractivity contribution in [2.24, 2.45) is 11.7 Å². The maximum atomic E-state index is 11.5. The van der Waals surface area contributed by atoms with E-state index >= 15 is 0 Å². The highest BCUT2D eigenvalue weighted by molar-refractivity contribution is 5.79. The molecule has 0 spiro atoms. The second-order valence-corrected chi connectivity index (χ2v) is 4.00. The van der Waals surface area contributed by atoms with Crippen molar-refractivity contribution in [2.45, 2.75) is 18.6 Å². The van der Waals surface area contributed by atoms with Gasteiger partial charge in [-0.2, -0.15) is 5.26 Å². The Hall–Kier alpha value is -1.86. The first-order chi connectivity index (χ1) is 7.65. The van der Waals surface area contributed by atoms with Crippen molar-refractivity contribution in [3.63, 3.8) is 0 Å². The molecule has 2 rings (SSSR count). The van der Waals surface area contributed by atoms with Crippen LogP contribution in [0, 0.1) is 17.2 Å². The lowest BCUT2D eigenvalue weighted by atomic mass is 10.2. The van der Waals surface area contributed by atoms with Gasteiger partial charge in [-0.3, -0.25) is 4.79 Å². The summed E-state index contributed by atoms with van der Waals surface area (Å²) in [5, 5.41) is 8.69. The van der Waals surface area contributed by atoms with E-state index in [4.69, 9.17) is 15.7 Å². The lowest BCUT2D eigenvalue weighted by Gasteiger charge is -2.04. The van der Waals surface area contributed by atoms with E-state index in [1.807, 2.05) is 36.4 Å². The largest absolute Gasteiger partial charge is 0.461 e. The normalized spacial score (nSPS) is 26.9. The van der Waals surface area contributed by atoms with Gasteiger partial charge >= 0.3 is 5.97 Å². The van der Waals surface area contributed by atoms with Gasteiger partial charge in [-0.05, 0) is 12.0 Å². The first kappa shape index (κ1) is 10.7. The van der Waals surface area contributed by atoms with Gasteiger partial charge in [-0.25, -0.2) is 0 Å². The molecule has 0 amide bonds. The van der Waals surface area contributed by atoms with Crippen LogP contribution in [0.3, 0.4) is 0 Å². The van der Waals surface area contributed by atoms with E-state index in [0.29, 0.717) is 6.42 Å². The zero-order valence-corrected chi connectivity index (χ0v) is 8.72. The van der Waals surface area contributed by atoms with Gasteiger partial charge in [0.25, 0.3) is 0 Å². The topological polar surface area (TPSA) is 76.1 Å². The fourth-order valence-electron chi connectivity index (χ4n) is 1.53. The molecular weight excluding hydrogens is 204 g/mol. The highest BCUT2D eigenvalue weighted by atomic mass is 16.5. The summed E-state index contributed by atoms with van der Waals surface area (Å²) in [6.07, 6.45) is 0.400. The third kappa shape index (κ3) is 2.05. The Bertz CT molecular complexity index is 438. The number of nitrogens with zero attached hydrogens (tertiary/aromatic N) is 1. The molecule has 4 nitrogen and oxygen atoms in total. The van der Waals surface area contributed by atoms with Crippen LogP contribution in [0.5, 0.6) is 0 Å². The van der Waals surface area contributed by atoms with E-state index in [0.717, 1.165) is 5.56 Å². The lowest BCUT2D eigenvalue weighted by Crippen LogP contribution is -2.26. The van der Waals surface area contributed by atoms with Gasteiger partial charge in [-0.1, -0.05) is 30.3 Å². The Balaban J connectivity index is 1.85. The minimum absolute atomic E-state index is 0.234. The average molecular weight is 216 g/mol. The van der Waals surface area contributed by atoms with Crippen molar-refractivity contribution in [3.8, 4) is 6.07 Å². The molecule has 1 aromatic rings. The number of nitrogens with two attached hydrogens (primary N) is 1. The Morgan fingerprint density at radius 2 is 2.25 bits per heavy atom. The predicted octanol–water partition coefficient (Wildman–Crippen LogP) is 0.971. The predicted molar refractivity (Wildman–Crippen MR) is 56.9 cm³/mol. The number of nitriles is 1. The van der Waals surface area contributed by atoms with Gasteiger partial charge < -0.3 is 10.5 Å². The summed E-state index contributed by atoms with van der Waals surface area (Å²) in [6.45, 7) is 0.234. The van der Waals surface area contributed by atoms with Crippen molar-refractivity contribution in [1.29, 1.82) is 5.26 Å². The van der Waals surface area contributed by atoms with Crippen LogP contribution >= 0.6 is 0 Å². The van der Waals surface area contributed by atoms with E-state index in [1.165, 1.54) is 0 Å². The van der Waals surface area contributed by atoms with E-state index in [2.05, 4.69) is 0 Å². The van der Waals surface area contributed by atoms with Crippen molar-refractivity contribution in [1.82, 2.24) is 0 Å². The van der Waals surface area contributed by atoms with E-state index in [9.17, 15) is 4.79 Å². The van der Waals surface area contributed by atoms with Crippen LogP contribution in [-0.4, -0.2) is 11.5 Å². The van der Waals surface area contributed by atoms with Gasteiger partial charge in [0.2, 0.25) is 0 Å². The SMILES string of the molecule is N#C[C@]1(N)C[C@H]1C(=O)OCc1ccccc1. The third-order valence-corrected chi connectivity index (χ3v) is 2.72. The number of rotatable bonds is 3. The van der Waals surface area contributed by atoms with Gasteiger partial charge in [0, 0.05) is 0 Å². The zero-order valence-electron chi connectivity index (χ0n) is 8.72. The first-order valence-corrected chi connectivity index (χ1v) is 5.06. The minimum atomic E-state index is -0.992. The molecule has 82 valence electrons. The fourth-order valence-corrected chi connectivity index (χ4v) is 1.53. The molecule has 16 heavy (non-hydrogen) atoms. The van der Waals surface area contributed by atoms with Crippen LogP contribution in [-0.2, 0) is 16.1 Å². The lowest BCUT2D eigenvalue weighted by molar-refractivity contribution is -0.146. The summed E-state index contributed by atoms with van der Waals surface area (Å²) in [5.41, 5.74) is 5.53. The Morgan fingerprint density at radius 1 is 1.56 bits per heavy atom.